The molecule has 3 fully saturated rings. The van der Waals surface area contributed by atoms with Crippen molar-refractivity contribution in [2.45, 2.75) is 63.5 Å². The lowest BCUT2D eigenvalue weighted by Crippen LogP contribution is -2.50. The third-order valence-electron chi connectivity index (χ3n) is 5.35. The lowest BCUT2D eigenvalue weighted by atomic mass is 9.81. The Morgan fingerprint density at radius 2 is 1.82 bits per heavy atom. The molecule has 2 nitrogen and oxygen atoms in total. The van der Waals surface area contributed by atoms with Crippen molar-refractivity contribution >= 4 is 0 Å². The molecule has 2 aliphatic carbocycles. The van der Waals surface area contributed by atoms with E-state index < -0.39 is 0 Å². The van der Waals surface area contributed by atoms with E-state index in [4.69, 9.17) is 0 Å². The number of hydrogen-bond donors (Lipinski definition) is 1. The number of nitrogens with zero attached hydrogens (tertiary/aromatic N) is 1. The van der Waals surface area contributed by atoms with Crippen molar-refractivity contribution in [3.8, 4) is 0 Å². The minimum absolute atomic E-state index is 0.755. The van der Waals surface area contributed by atoms with Crippen LogP contribution in [0.1, 0.15) is 51.4 Å². The number of likely N-dealkylation sites (N-methyl/N-ethyl adjacent to an activating group) is 1. The van der Waals surface area contributed by atoms with Crippen LogP contribution in [0.15, 0.2) is 0 Å². The summed E-state index contributed by atoms with van der Waals surface area (Å²) in [7, 11) is 2.13. The molecule has 2 heteroatoms. The van der Waals surface area contributed by atoms with Crippen LogP contribution in [0.4, 0.5) is 0 Å². The van der Waals surface area contributed by atoms with Gasteiger partial charge in [-0.05, 0) is 64.0 Å². The molecule has 3 rings (SSSR count). The highest BCUT2D eigenvalue weighted by Crippen LogP contribution is 2.44. The molecule has 2 saturated carbocycles. The second-order valence-corrected chi connectivity index (χ2v) is 6.54. The van der Waals surface area contributed by atoms with Crippen LogP contribution >= 0.6 is 0 Å². The number of hydrogen-bond acceptors (Lipinski definition) is 2. The quantitative estimate of drug-likeness (QED) is 0.810. The maximum Gasteiger partial charge on any atom is 0.0192 e. The smallest absolute Gasteiger partial charge is 0.0192 e. The van der Waals surface area contributed by atoms with Crippen LogP contribution in [0.5, 0.6) is 0 Å². The van der Waals surface area contributed by atoms with Crippen molar-refractivity contribution in [2.24, 2.45) is 11.8 Å². The van der Waals surface area contributed by atoms with Crippen LogP contribution in [0.25, 0.3) is 0 Å². The van der Waals surface area contributed by atoms with Crippen molar-refractivity contribution in [1.82, 2.24) is 10.2 Å². The fraction of sp³-hybridized carbons (Fsp3) is 1.00. The zero-order valence-electron chi connectivity index (χ0n) is 11.3. The molecule has 0 aromatic heterocycles. The van der Waals surface area contributed by atoms with Gasteiger partial charge in [-0.25, -0.2) is 0 Å². The zero-order chi connectivity index (χ0) is 11.7. The molecule has 0 bridgehead atoms. The average Bonchev–Trinajstić information content (AvgIpc) is 3.23. The van der Waals surface area contributed by atoms with Crippen LogP contribution in [-0.4, -0.2) is 37.1 Å². The van der Waals surface area contributed by atoms with Crippen molar-refractivity contribution in [2.75, 3.05) is 20.1 Å². The van der Waals surface area contributed by atoms with Gasteiger partial charge in [0.25, 0.3) is 0 Å². The van der Waals surface area contributed by atoms with Crippen LogP contribution in [0.2, 0.25) is 0 Å². The molecule has 3 atom stereocenters. The standard InChI is InChI=1S/C15H28N2/c1-16-14-5-3-9-17(11-14)15-6-2-4-13(10-15)12-7-8-12/h12-16H,2-11H2,1H3. The molecule has 1 aliphatic heterocycles. The SMILES string of the molecule is CNC1CCCN(C2CCCC(C3CC3)C2)C1. The summed E-state index contributed by atoms with van der Waals surface area (Å²) in [6.07, 6.45) is 11.9. The molecule has 1 saturated heterocycles. The van der Waals surface area contributed by atoms with E-state index >= 15 is 0 Å². The monoisotopic (exact) mass is 236 g/mol. The molecular weight excluding hydrogens is 208 g/mol. The van der Waals surface area contributed by atoms with Gasteiger partial charge in [0.05, 0.1) is 0 Å². The lowest BCUT2D eigenvalue weighted by molar-refractivity contribution is 0.0893. The Morgan fingerprint density at radius 1 is 0.941 bits per heavy atom. The largest absolute Gasteiger partial charge is 0.316 e. The lowest BCUT2D eigenvalue weighted by Gasteiger charge is -2.42. The van der Waals surface area contributed by atoms with Crippen molar-refractivity contribution in [1.29, 1.82) is 0 Å². The highest BCUT2D eigenvalue weighted by molar-refractivity contribution is 4.90. The first-order valence-corrected chi connectivity index (χ1v) is 7.78. The van der Waals surface area contributed by atoms with Crippen molar-refractivity contribution < 1.29 is 0 Å². The number of likely N-dealkylation sites (tertiary alicyclic amines) is 1. The maximum atomic E-state index is 3.48. The summed E-state index contributed by atoms with van der Waals surface area (Å²) in [5, 5.41) is 3.48. The third kappa shape index (κ3) is 2.85. The number of nitrogens with one attached hydrogen (secondary N) is 1. The molecule has 1 heterocycles. The van der Waals surface area contributed by atoms with E-state index in [-0.39, 0.29) is 0 Å². The zero-order valence-corrected chi connectivity index (χ0v) is 11.3. The second kappa shape index (κ2) is 5.27. The Hall–Kier alpha value is -0.0800. The van der Waals surface area contributed by atoms with Gasteiger partial charge in [-0.1, -0.05) is 12.8 Å². The summed E-state index contributed by atoms with van der Waals surface area (Å²) in [5.41, 5.74) is 0. The second-order valence-electron chi connectivity index (χ2n) is 6.54. The Labute approximate surface area is 106 Å². The van der Waals surface area contributed by atoms with Gasteiger partial charge < -0.3 is 5.32 Å². The molecule has 0 aromatic carbocycles. The molecule has 98 valence electrons. The minimum Gasteiger partial charge on any atom is -0.316 e. The molecule has 1 N–H and O–H groups in total. The molecule has 0 amide bonds. The van der Waals surface area contributed by atoms with E-state index in [1.807, 2.05) is 0 Å². The van der Waals surface area contributed by atoms with Crippen molar-refractivity contribution in [3.63, 3.8) is 0 Å². The van der Waals surface area contributed by atoms with Gasteiger partial charge in [0.1, 0.15) is 0 Å². The van der Waals surface area contributed by atoms with E-state index in [1.165, 1.54) is 64.5 Å². The predicted octanol–water partition coefficient (Wildman–Crippen LogP) is 2.64. The first-order chi connectivity index (χ1) is 8.36. The number of rotatable bonds is 3. The van der Waals surface area contributed by atoms with E-state index in [1.54, 1.807) is 0 Å². The highest BCUT2D eigenvalue weighted by atomic mass is 15.2. The van der Waals surface area contributed by atoms with Gasteiger partial charge in [0.15, 0.2) is 0 Å². The van der Waals surface area contributed by atoms with Gasteiger partial charge in [-0.2, -0.15) is 0 Å². The van der Waals surface area contributed by atoms with E-state index in [0.717, 1.165) is 23.9 Å². The normalized spacial score (nSPS) is 40.4. The topological polar surface area (TPSA) is 15.3 Å². The molecule has 3 unspecified atom stereocenters. The molecule has 0 radical (unpaired) electrons. The van der Waals surface area contributed by atoms with E-state index in [0.29, 0.717) is 0 Å². The highest BCUT2D eigenvalue weighted by Gasteiger charge is 2.37. The fourth-order valence-corrected chi connectivity index (χ4v) is 4.10. The first-order valence-electron chi connectivity index (χ1n) is 7.78. The average molecular weight is 236 g/mol. The molecule has 0 spiro atoms. The molecule has 17 heavy (non-hydrogen) atoms. The summed E-state index contributed by atoms with van der Waals surface area (Å²) in [4.78, 5) is 2.80. The molecule has 0 aromatic rings. The van der Waals surface area contributed by atoms with Gasteiger partial charge >= 0.3 is 0 Å². The fourth-order valence-electron chi connectivity index (χ4n) is 4.10. The summed E-state index contributed by atoms with van der Waals surface area (Å²) in [5.74, 6) is 2.21. The molecule has 3 aliphatic rings. The summed E-state index contributed by atoms with van der Waals surface area (Å²) in [6.45, 7) is 2.67. The van der Waals surface area contributed by atoms with Crippen molar-refractivity contribution in [3.05, 3.63) is 0 Å². The van der Waals surface area contributed by atoms with Crippen LogP contribution in [0.3, 0.4) is 0 Å². The number of piperidine rings is 1. The minimum atomic E-state index is 0.755. The third-order valence-corrected chi connectivity index (χ3v) is 5.35. The van der Waals surface area contributed by atoms with Gasteiger partial charge in [-0.3, -0.25) is 4.90 Å². The molecular formula is C15H28N2. The van der Waals surface area contributed by atoms with E-state index in [9.17, 15) is 0 Å². The van der Waals surface area contributed by atoms with E-state index in [2.05, 4.69) is 17.3 Å². The summed E-state index contributed by atoms with van der Waals surface area (Å²) >= 11 is 0. The van der Waals surface area contributed by atoms with Crippen LogP contribution < -0.4 is 5.32 Å². The Bertz CT molecular complexity index is 249. The van der Waals surface area contributed by atoms with Gasteiger partial charge in [-0.15, -0.1) is 0 Å². The van der Waals surface area contributed by atoms with Gasteiger partial charge in [0.2, 0.25) is 0 Å². The Balaban J connectivity index is 1.55. The predicted molar refractivity (Wildman–Crippen MR) is 72.1 cm³/mol. The maximum absolute atomic E-state index is 3.48. The summed E-state index contributed by atoms with van der Waals surface area (Å²) < 4.78 is 0. The van der Waals surface area contributed by atoms with Crippen LogP contribution in [0, 0.1) is 11.8 Å². The Kier molecular flexibility index (Phi) is 3.72. The van der Waals surface area contributed by atoms with Gasteiger partial charge in [0, 0.05) is 18.6 Å². The first kappa shape index (κ1) is 12.0. The summed E-state index contributed by atoms with van der Waals surface area (Å²) in [6, 6.07) is 1.68. The van der Waals surface area contributed by atoms with Crippen LogP contribution in [-0.2, 0) is 0 Å². The Morgan fingerprint density at radius 3 is 2.59 bits per heavy atom.